The Morgan fingerprint density at radius 1 is 1.33 bits per heavy atom. The highest BCUT2D eigenvalue weighted by atomic mass is 16.2. The molecule has 2 atom stereocenters. The Kier molecular flexibility index (Phi) is 3.71. The highest BCUT2D eigenvalue weighted by Gasteiger charge is 2.37. The van der Waals surface area contributed by atoms with Crippen molar-refractivity contribution in [3.63, 3.8) is 0 Å². The van der Waals surface area contributed by atoms with Crippen molar-refractivity contribution in [2.45, 2.75) is 45.7 Å². The van der Waals surface area contributed by atoms with Gasteiger partial charge in [-0.15, -0.1) is 0 Å². The summed E-state index contributed by atoms with van der Waals surface area (Å²) in [6.45, 7) is 7.09. The normalized spacial score (nSPS) is 23.8. The smallest absolute Gasteiger partial charge is 0.224 e. The van der Waals surface area contributed by atoms with Gasteiger partial charge in [-0.1, -0.05) is 25.1 Å². The van der Waals surface area contributed by atoms with Gasteiger partial charge in [-0.2, -0.15) is 0 Å². The molecule has 3 heteroatoms. The van der Waals surface area contributed by atoms with Crippen molar-refractivity contribution >= 4 is 5.91 Å². The number of benzene rings is 1. The van der Waals surface area contributed by atoms with Crippen LogP contribution in [0.25, 0.3) is 0 Å². The molecule has 3 nitrogen and oxygen atoms in total. The lowest BCUT2D eigenvalue weighted by Crippen LogP contribution is -2.33. The van der Waals surface area contributed by atoms with Gasteiger partial charge in [-0.05, 0) is 37.0 Å². The van der Waals surface area contributed by atoms with E-state index in [9.17, 15) is 4.79 Å². The number of rotatable bonds is 3. The van der Waals surface area contributed by atoms with E-state index in [-0.39, 0.29) is 18.0 Å². The number of carbonyl (C=O) groups is 1. The van der Waals surface area contributed by atoms with Gasteiger partial charge in [0.2, 0.25) is 5.91 Å². The Morgan fingerprint density at radius 3 is 2.67 bits per heavy atom. The molecule has 1 heterocycles. The fourth-order valence-corrected chi connectivity index (χ4v) is 2.70. The number of carbonyl (C=O) groups excluding carboxylic acids is 1. The molecule has 0 aromatic heterocycles. The monoisotopic (exact) mass is 246 g/mol. The third-order valence-electron chi connectivity index (χ3n) is 3.81. The second-order valence-corrected chi connectivity index (χ2v) is 5.24. The fourth-order valence-electron chi connectivity index (χ4n) is 2.70. The molecule has 1 aliphatic rings. The lowest BCUT2D eigenvalue weighted by Gasteiger charge is -2.27. The van der Waals surface area contributed by atoms with Gasteiger partial charge in [-0.3, -0.25) is 4.79 Å². The molecule has 0 radical (unpaired) electrons. The molecule has 98 valence electrons. The first-order valence-electron chi connectivity index (χ1n) is 6.66. The van der Waals surface area contributed by atoms with Gasteiger partial charge in [0, 0.05) is 19.0 Å². The van der Waals surface area contributed by atoms with Gasteiger partial charge in [0.1, 0.15) is 0 Å². The molecule has 1 aromatic rings. The number of nitrogens with zero attached hydrogens (tertiary/aromatic N) is 1. The van der Waals surface area contributed by atoms with E-state index in [0.29, 0.717) is 6.42 Å². The second kappa shape index (κ2) is 5.11. The third-order valence-corrected chi connectivity index (χ3v) is 3.81. The molecule has 1 fully saturated rings. The van der Waals surface area contributed by atoms with Crippen LogP contribution in [-0.2, 0) is 4.79 Å². The van der Waals surface area contributed by atoms with E-state index in [1.165, 1.54) is 16.7 Å². The molecule has 0 aliphatic carbocycles. The van der Waals surface area contributed by atoms with E-state index in [2.05, 4.69) is 39.0 Å². The maximum absolute atomic E-state index is 12.0. The number of aryl methyl sites for hydroxylation is 2. The van der Waals surface area contributed by atoms with Crippen LogP contribution in [0.15, 0.2) is 18.2 Å². The topological polar surface area (TPSA) is 46.3 Å². The van der Waals surface area contributed by atoms with Gasteiger partial charge in [0.25, 0.3) is 0 Å². The summed E-state index contributed by atoms with van der Waals surface area (Å²) in [4.78, 5) is 13.9. The molecule has 0 saturated carbocycles. The predicted octanol–water partition coefficient (Wildman–Crippen LogP) is 2.31. The predicted molar refractivity (Wildman–Crippen MR) is 73.3 cm³/mol. The minimum atomic E-state index is -0.0776. The Hall–Kier alpha value is -1.35. The summed E-state index contributed by atoms with van der Waals surface area (Å²) >= 11 is 0. The average molecular weight is 246 g/mol. The summed E-state index contributed by atoms with van der Waals surface area (Å²) in [5, 5.41) is 0. The largest absolute Gasteiger partial charge is 0.334 e. The molecule has 1 aliphatic heterocycles. The van der Waals surface area contributed by atoms with Gasteiger partial charge in [0.15, 0.2) is 0 Å². The molecule has 0 bridgehead atoms. The lowest BCUT2D eigenvalue weighted by atomic mass is 9.97. The van der Waals surface area contributed by atoms with Crippen molar-refractivity contribution < 1.29 is 4.79 Å². The van der Waals surface area contributed by atoms with Crippen LogP contribution >= 0.6 is 0 Å². The van der Waals surface area contributed by atoms with E-state index in [0.717, 1.165) is 13.0 Å². The Morgan fingerprint density at radius 2 is 2.06 bits per heavy atom. The van der Waals surface area contributed by atoms with Crippen molar-refractivity contribution in [1.82, 2.24) is 4.90 Å². The van der Waals surface area contributed by atoms with Crippen LogP contribution in [0.1, 0.15) is 42.5 Å². The first kappa shape index (κ1) is 13.1. The molecule has 1 saturated heterocycles. The minimum Gasteiger partial charge on any atom is -0.334 e. The summed E-state index contributed by atoms with van der Waals surface area (Å²) in [6, 6.07) is 6.36. The first-order chi connectivity index (χ1) is 8.54. The highest BCUT2D eigenvalue weighted by Crippen LogP contribution is 2.32. The van der Waals surface area contributed by atoms with E-state index < -0.39 is 0 Å². The highest BCUT2D eigenvalue weighted by molar-refractivity contribution is 5.80. The van der Waals surface area contributed by atoms with Crippen LogP contribution in [0.4, 0.5) is 0 Å². The zero-order valence-corrected chi connectivity index (χ0v) is 11.4. The van der Waals surface area contributed by atoms with E-state index in [1.54, 1.807) is 0 Å². The third kappa shape index (κ3) is 2.27. The Balaban J connectivity index is 2.34. The van der Waals surface area contributed by atoms with Gasteiger partial charge in [-0.25, -0.2) is 0 Å². The van der Waals surface area contributed by atoms with Crippen molar-refractivity contribution in [3.8, 4) is 0 Å². The van der Waals surface area contributed by atoms with E-state index in [1.807, 2.05) is 4.90 Å². The van der Waals surface area contributed by atoms with Crippen molar-refractivity contribution in [1.29, 1.82) is 0 Å². The summed E-state index contributed by atoms with van der Waals surface area (Å²) in [5.74, 6) is 0.188. The molecule has 0 spiro atoms. The van der Waals surface area contributed by atoms with Crippen LogP contribution in [0.5, 0.6) is 0 Å². The number of likely N-dealkylation sites (tertiary alicyclic amines) is 1. The number of amides is 1. The second-order valence-electron chi connectivity index (χ2n) is 5.24. The molecule has 2 rings (SSSR count). The van der Waals surface area contributed by atoms with Crippen LogP contribution in [0, 0.1) is 13.8 Å². The number of nitrogens with two attached hydrogens (primary N) is 1. The summed E-state index contributed by atoms with van der Waals surface area (Å²) in [6.07, 6.45) is 1.44. The molecule has 2 unspecified atom stereocenters. The van der Waals surface area contributed by atoms with Gasteiger partial charge >= 0.3 is 0 Å². The van der Waals surface area contributed by atoms with E-state index >= 15 is 0 Å². The number of hydrogen-bond acceptors (Lipinski definition) is 2. The Bertz CT molecular complexity index is 456. The standard InChI is InChI=1S/C15H22N2O/c1-4-7-17-14(18)9-13(16)15(17)12-6-5-10(2)11(3)8-12/h5-6,8,13,15H,4,7,9,16H2,1-3H3. The molecule has 18 heavy (non-hydrogen) atoms. The molecule has 1 amide bonds. The lowest BCUT2D eigenvalue weighted by molar-refractivity contribution is -0.129. The first-order valence-corrected chi connectivity index (χ1v) is 6.66. The molecule has 1 aromatic carbocycles. The zero-order valence-electron chi connectivity index (χ0n) is 11.4. The summed E-state index contributed by atoms with van der Waals surface area (Å²) in [7, 11) is 0. The molecular formula is C15H22N2O. The van der Waals surface area contributed by atoms with Crippen molar-refractivity contribution in [2.24, 2.45) is 5.73 Å². The quantitative estimate of drug-likeness (QED) is 0.889. The van der Waals surface area contributed by atoms with Gasteiger partial charge < -0.3 is 10.6 Å². The average Bonchev–Trinajstić information content (AvgIpc) is 2.59. The van der Waals surface area contributed by atoms with Crippen LogP contribution < -0.4 is 5.73 Å². The summed E-state index contributed by atoms with van der Waals surface area (Å²) < 4.78 is 0. The van der Waals surface area contributed by atoms with Crippen LogP contribution in [0.3, 0.4) is 0 Å². The maximum Gasteiger partial charge on any atom is 0.224 e. The van der Waals surface area contributed by atoms with Crippen molar-refractivity contribution in [3.05, 3.63) is 34.9 Å². The fraction of sp³-hybridized carbons (Fsp3) is 0.533. The van der Waals surface area contributed by atoms with Gasteiger partial charge in [0.05, 0.1) is 6.04 Å². The van der Waals surface area contributed by atoms with E-state index in [4.69, 9.17) is 5.73 Å². The Labute approximate surface area is 109 Å². The molecule has 2 N–H and O–H groups in total. The SMILES string of the molecule is CCCN1C(=O)CC(N)C1c1ccc(C)c(C)c1. The number of hydrogen-bond donors (Lipinski definition) is 1. The zero-order chi connectivity index (χ0) is 13.3. The van der Waals surface area contributed by atoms with Crippen LogP contribution in [0.2, 0.25) is 0 Å². The van der Waals surface area contributed by atoms with Crippen molar-refractivity contribution in [2.75, 3.05) is 6.54 Å². The minimum absolute atomic E-state index is 0.0525. The van der Waals surface area contributed by atoms with Crippen LogP contribution in [-0.4, -0.2) is 23.4 Å². The summed E-state index contributed by atoms with van der Waals surface area (Å²) in [5.41, 5.74) is 9.86. The molecular weight excluding hydrogens is 224 g/mol. The maximum atomic E-state index is 12.0.